The molecule has 2 heteroatoms. The zero-order chi connectivity index (χ0) is 9.10. The molecule has 0 amide bonds. The zero-order valence-electron chi connectivity index (χ0n) is 7.91. The molecule has 0 saturated heterocycles. The summed E-state index contributed by atoms with van der Waals surface area (Å²) in [5, 5.41) is 3.27. The third-order valence-corrected chi connectivity index (χ3v) is 3.30. The van der Waals surface area contributed by atoms with Crippen molar-refractivity contribution in [3.63, 3.8) is 0 Å². The van der Waals surface area contributed by atoms with Gasteiger partial charge in [-0.25, -0.2) is 0 Å². The van der Waals surface area contributed by atoms with Gasteiger partial charge in [-0.2, -0.15) is 0 Å². The highest BCUT2D eigenvalue weighted by Gasteiger charge is 2.47. The number of allylic oxidation sites excluding steroid dienone is 1. The van der Waals surface area contributed by atoms with Crippen LogP contribution in [0.1, 0.15) is 25.7 Å². The summed E-state index contributed by atoms with van der Waals surface area (Å²) in [6.45, 7) is 1.17. The van der Waals surface area contributed by atoms with Crippen LogP contribution >= 0.6 is 0 Å². The largest absolute Gasteiger partial charge is 0.391 e. The Morgan fingerprint density at radius 3 is 3.08 bits per heavy atom. The van der Waals surface area contributed by atoms with E-state index in [-0.39, 0.29) is 0 Å². The van der Waals surface area contributed by atoms with Crippen molar-refractivity contribution in [2.75, 3.05) is 6.54 Å². The Morgan fingerprint density at radius 1 is 1.46 bits per heavy atom. The van der Waals surface area contributed by atoms with Crippen LogP contribution in [0.2, 0.25) is 0 Å². The normalized spacial score (nSPS) is 34.9. The van der Waals surface area contributed by atoms with E-state index in [1.54, 1.807) is 0 Å². The van der Waals surface area contributed by atoms with E-state index < -0.39 is 0 Å². The van der Waals surface area contributed by atoms with Crippen LogP contribution in [-0.2, 0) is 4.79 Å². The molecular formula is C11H17NO. The smallest absolute Gasteiger partial charge is 0.119 e. The Bertz CT molecular complexity index is 212. The minimum absolute atomic E-state index is 0.746. The minimum atomic E-state index is 0.746. The van der Waals surface area contributed by atoms with Crippen LogP contribution in [-0.4, -0.2) is 12.8 Å². The third kappa shape index (κ3) is 1.93. The molecule has 1 fully saturated rings. The molecule has 2 rings (SSSR count). The Morgan fingerprint density at radius 2 is 2.38 bits per heavy atom. The Balaban J connectivity index is 1.63. The van der Waals surface area contributed by atoms with Gasteiger partial charge in [0.2, 0.25) is 0 Å². The second kappa shape index (κ2) is 3.95. The minimum Gasteiger partial charge on any atom is -0.391 e. The van der Waals surface area contributed by atoms with Crippen molar-refractivity contribution in [2.45, 2.75) is 25.7 Å². The quantitative estimate of drug-likeness (QED) is 0.514. The zero-order valence-corrected chi connectivity index (χ0v) is 7.91. The van der Waals surface area contributed by atoms with Gasteiger partial charge in [-0.05, 0) is 36.8 Å². The van der Waals surface area contributed by atoms with Crippen LogP contribution in [0.3, 0.4) is 0 Å². The van der Waals surface area contributed by atoms with Crippen molar-refractivity contribution in [2.24, 2.45) is 17.8 Å². The summed E-state index contributed by atoms with van der Waals surface area (Å²) in [5.74, 6) is 2.68. The summed E-state index contributed by atoms with van der Waals surface area (Å²) in [4.78, 5) is 10.1. The topological polar surface area (TPSA) is 29.1 Å². The molecule has 1 aliphatic carbocycles. The molecule has 0 aromatic carbocycles. The molecule has 1 heterocycles. The summed E-state index contributed by atoms with van der Waals surface area (Å²) in [5.41, 5.74) is 0. The van der Waals surface area contributed by atoms with E-state index in [2.05, 4.69) is 17.6 Å². The molecule has 0 bridgehead atoms. The molecule has 0 radical (unpaired) electrons. The van der Waals surface area contributed by atoms with E-state index >= 15 is 0 Å². The fourth-order valence-electron chi connectivity index (χ4n) is 2.45. The molecule has 1 aliphatic heterocycles. The van der Waals surface area contributed by atoms with Gasteiger partial charge >= 0.3 is 0 Å². The molecule has 0 aromatic heterocycles. The molecule has 1 saturated carbocycles. The predicted molar refractivity (Wildman–Crippen MR) is 52.1 cm³/mol. The summed E-state index contributed by atoms with van der Waals surface area (Å²) in [7, 11) is 0. The average molecular weight is 179 g/mol. The Hall–Kier alpha value is -0.790. The molecule has 0 aromatic rings. The first-order valence-electron chi connectivity index (χ1n) is 5.27. The molecular weight excluding hydrogens is 162 g/mol. The van der Waals surface area contributed by atoms with Gasteiger partial charge in [0.25, 0.3) is 0 Å². The standard InChI is InChI=1S/C11H17NO/c13-7-3-1-2-4-9-10-5-6-12-8-11(9)10/h5-7,9-12H,1-4,8H2. The molecule has 3 unspecified atom stereocenters. The van der Waals surface area contributed by atoms with E-state index in [1.165, 1.54) is 19.4 Å². The molecule has 2 aliphatic rings. The number of carbonyl (C=O) groups is 1. The van der Waals surface area contributed by atoms with Gasteiger partial charge in [-0.3, -0.25) is 0 Å². The number of unbranched alkanes of at least 4 members (excludes halogenated alkanes) is 2. The van der Waals surface area contributed by atoms with Gasteiger partial charge in [0.05, 0.1) is 0 Å². The lowest BCUT2D eigenvalue weighted by Gasteiger charge is -2.02. The fraction of sp³-hybridized carbons (Fsp3) is 0.727. The van der Waals surface area contributed by atoms with Crippen molar-refractivity contribution < 1.29 is 4.79 Å². The number of carbonyl (C=O) groups excluding carboxylic acids is 1. The SMILES string of the molecule is O=CCCCCC1C2C=CNCC21. The first-order chi connectivity index (χ1) is 6.43. The van der Waals surface area contributed by atoms with Gasteiger partial charge < -0.3 is 10.1 Å². The number of aldehydes is 1. The highest BCUT2D eigenvalue weighted by Crippen LogP contribution is 2.51. The highest BCUT2D eigenvalue weighted by atomic mass is 16.1. The summed E-state index contributed by atoms with van der Waals surface area (Å²) in [6.07, 6.45) is 9.79. The summed E-state index contributed by atoms with van der Waals surface area (Å²) >= 11 is 0. The van der Waals surface area contributed by atoms with E-state index in [1.807, 2.05) is 0 Å². The first kappa shape index (κ1) is 8.79. The second-order valence-electron chi connectivity index (χ2n) is 4.12. The van der Waals surface area contributed by atoms with Crippen LogP contribution in [0.25, 0.3) is 0 Å². The first-order valence-corrected chi connectivity index (χ1v) is 5.27. The van der Waals surface area contributed by atoms with Crippen LogP contribution in [0.15, 0.2) is 12.3 Å². The number of hydrogen-bond donors (Lipinski definition) is 1. The maximum Gasteiger partial charge on any atom is 0.119 e. The lowest BCUT2D eigenvalue weighted by molar-refractivity contribution is -0.107. The Labute approximate surface area is 79.4 Å². The summed E-state index contributed by atoms with van der Waals surface area (Å²) in [6, 6.07) is 0. The summed E-state index contributed by atoms with van der Waals surface area (Å²) < 4.78 is 0. The number of nitrogens with one attached hydrogen (secondary N) is 1. The third-order valence-electron chi connectivity index (χ3n) is 3.30. The van der Waals surface area contributed by atoms with Crippen LogP contribution in [0.5, 0.6) is 0 Å². The maximum atomic E-state index is 10.1. The van der Waals surface area contributed by atoms with E-state index in [0.29, 0.717) is 0 Å². The lowest BCUT2D eigenvalue weighted by atomic mass is 10.1. The van der Waals surface area contributed by atoms with Crippen molar-refractivity contribution in [1.29, 1.82) is 0 Å². The fourth-order valence-corrected chi connectivity index (χ4v) is 2.45. The molecule has 72 valence electrons. The molecule has 1 N–H and O–H groups in total. The molecule has 0 spiro atoms. The predicted octanol–water partition coefficient (Wildman–Crippen LogP) is 1.72. The number of rotatable bonds is 5. The van der Waals surface area contributed by atoms with E-state index in [4.69, 9.17) is 0 Å². The number of fused-ring (bicyclic) bond motifs is 1. The number of hydrogen-bond acceptors (Lipinski definition) is 2. The van der Waals surface area contributed by atoms with Crippen molar-refractivity contribution in [3.8, 4) is 0 Å². The van der Waals surface area contributed by atoms with Crippen LogP contribution in [0, 0.1) is 17.8 Å². The molecule has 13 heavy (non-hydrogen) atoms. The lowest BCUT2D eigenvalue weighted by Crippen LogP contribution is -2.13. The van der Waals surface area contributed by atoms with Gasteiger partial charge in [0.15, 0.2) is 0 Å². The van der Waals surface area contributed by atoms with Crippen molar-refractivity contribution >= 4 is 6.29 Å². The maximum absolute atomic E-state index is 10.1. The molecule has 3 atom stereocenters. The molecule has 2 nitrogen and oxygen atoms in total. The van der Waals surface area contributed by atoms with Gasteiger partial charge in [-0.1, -0.05) is 12.5 Å². The Kier molecular flexibility index (Phi) is 2.67. The van der Waals surface area contributed by atoms with Crippen LogP contribution < -0.4 is 5.32 Å². The second-order valence-corrected chi connectivity index (χ2v) is 4.12. The van der Waals surface area contributed by atoms with E-state index in [0.717, 1.165) is 36.9 Å². The van der Waals surface area contributed by atoms with Gasteiger partial charge in [0.1, 0.15) is 6.29 Å². The van der Waals surface area contributed by atoms with Gasteiger partial charge in [-0.15, -0.1) is 0 Å². The highest BCUT2D eigenvalue weighted by molar-refractivity contribution is 5.48. The van der Waals surface area contributed by atoms with Crippen molar-refractivity contribution in [3.05, 3.63) is 12.3 Å². The van der Waals surface area contributed by atoms with Gasteiger partial charge in [0, 0.05) is 13.0 Å². The van der Waals surface area contributed by atoms with E-state index in [9.17, 15) is 4.79 Å². The van der Waals surface area contributed by atoms with Crippen LogP contribution in [0.4, 0.5) is 0 Å². The average Bonchev–Trinajstić information content (AvgIpc) is 2.87. The monoisotopic (exact) mass is 179 g/mol. The van der Waals surface area contributed by atoms with Crippen molar-refractivity contribution in [1.82, 2.24) is 5.32 Å².